The summed E-state index contributed by atoms with van der Waals surface area (Å²) in [6.45, 7) is 2.59. The second-order valence-electron chi connectivity index (χ2n) is 2.60. The molecule has 0 aromatic heterocycles. The molecule has 0 aliphatic carbocycles. The highest BCUT2D eigenvalue weighted by Crippen LogP contribution is 2.43. The predicted molar refractivity (Wildman–Crippen MR) is 37.0 cm³/mol. The van der Waals surface area contributed by atoms with E-state index in [9.17, 15) is 35.1 Å². The number of hydrogen-bond acceptors (Lipinski definition) is 1. The number of alkyl halides is 8. The molecule has 16 heavy (non-hydrogen) atoms. The lowest BCUT2D eigenvalue weighted by Gasteiger charge is -2.29. The van der Waals surface area contributed by atoms with Gasteiger partial charge >= 0.3 is 18.2 Å². The molecule has 0 aliphatic rings. The average molecular weight is 258 g/mol. The molecular weight excluding hydrogens is 252 g/mol. The molecule has 2 unspecified atom stereocenters. The quantitative estimate of drug-likeness (QED) is 0.524. The SMILES string of the molecule is C=COC(F)C(F)(F)C(F)(F)C(F)C(F)F. The van der Waals surface area contributed by atoms with Crippen molar-refractivity contribution in [3.8, 4) is 0 Å². The number of hydrogen-bond donors (Lipinski definition) is 0. The Balaban J connectivity index is 5.03. The van der Waals surface area contributed by atoms with Gasteiger partial charge in [-0.1, -0.05) is 6.58 Å². The summed E-state index contributed by atoms with van der Waals surface area (Å²) in [5, 5.41) is 0. The summed E-state index contributed by atoms with van der Waals surface area (Å²) in [6, 6.07) is 0. The highest BCUT2D eigenvalue weighted by atomic mass is 19.3. The Labute approximate surface area is 84.7 Å². The largest absolute Gasteiger partial charge is 0.463 e. The fourth-order valence-corrected chi connectivity index (χ4v) is 0.663. The third-order valence-corrected chi connectivity index (χ3v) is 1.51. The Morgan fingerprint density at radius 3 is 1.69 bits per heavy atom. The van der Waals surface area contributed by atoms with Crippen LogP contribution in [0.1, 0.15) is 0 Å². The van der Waals surface area contributed by atoms with Crippen LogP contribution in [0.5, 0.6) is 0 Å². The maximum Gasteiger partial charge on any atom is 0.378 e. The van der Waals surface area contributed by atoms with Crippen LogP contribution >= 0.6 is 0 Å². The van der Waals surface area contributed by atoms with Crippen LogP contribution in [0.2, 0.25) is 0 Å². The van der Waals surface area contributed by atoms with Crippen molar-refractivity contribution < 1.29 is 39.9 Å². The Kier molecular flexibility index (Phi) is 4.56. The topological polar surface area (TPSA) is 9.23 Å². The van der Waals surface area contributed by atoms with Crippen molar-refractivity contribution >= 4 is 0 Å². The van der Waals surface area contributed by atoms with Gasteiger partial charge in [-0.25, -0.2) is 13.2 Å². The van der Waals surface area contributed by atoms with E-state index in [0.717, 1.165) is 0 Å². The Bertz CT molecular complexity index is 241. The van der Waals surface area contributed by atoms with E-state index in [2.05, 4.69) is 11.3 Å². The Morgan fingerprint density at radius 2 is 1.38 bits per heavy atom. The van der Waals surface area contributed by atoms with Crippen molar-refractivity contribution in [3.05, 3.63) is 12.8 Å². The number of ether oxygens (including phenoxy) is 1. The van der Waals surface area contributed by atoms with E-state index >= 15 is 0 Å². The molecule has 9 heteroatoms. The number of rotatable bonds is 6. The van der Waals surface area contributed by atoms with Crippen LogP contribution in [-0.4, -0.2) is 30.8 Å². The third kappa shape index (κ3) is 2.56. The lowest BCUT2D eigenvalue weighted by Crippen LogP contribution is -2.55. The fraction of sp³-hybridized carbons (Fsp3) is 0.714. The van der Waals surface area contributed by atoms with Gasteiger partial charge in [0, 0.05) is 0 Å². The van der Waals surface area contributed by atoms with Crippen molar-refractivity contribution in [1.29, 1.82) is 0 Å². The lowest BCUT2D eigenvalue weighted by molar-refractivity contribution is -0.311. The molecule has 0 amide bonds. The van der Waals surface area contributed by atoms with Crippen molar-refractivity contribution in [2.24, 2.45) is 0 Å². The number of halogens is 8. The molecule has 0 radical (unpaired) electrons. The van der Waals surface area contributed by atoms with E-state index in [-0.39, 0.29) is 6.26 Å². The van der Waals surface area contributed by atoms with Gasteiger partial charge in [0.1, 0.15) is 0 Å². The minimum Gasteiger partial charge on any atom is -0.463 e. The molecular formula is C7H6F8O. The van der Waals surface area contributed by atoms with Crippen LogP contribution < -0.4 is 0 Å². The first-order chi connectivity index (χ1) is 7.09. The minimum absolute atomic E-state index is 0.0598. The minimum atomic E-state index is -5.90. The van der Waals surface area contributed by atoms with E-state index in [4.69, 9.17) is 0 Å². The summed E-state index contributed by atoms with van der Waals surface area (Å²) >= 11 is 0. The van der Waals surface area contributed by atoms with Gasteiger partial charge in [0.2, 0.25) is 6.17 Å². The zero-order valence-corrected chi connectivity index (χ0v) is 7.45. The molecule has 0 fully saturated rings. The van der Waals surface area contributed by atoms with Gasteiger partial charge in [0.25, 0.3) is 6.43 Å². The monoisotopic (exact) mass is 258 g/mol. The van der Waals surface area contributed by atoms with Crippen LogP contribution in [0, 0.1) is 0 Å². The van der Waals surface area contributed by atoms with E-state index in [1.54, 1.807) is 0 Å². The van der Waals surface area contributed by atoms with Crippen LogP contribution in [0.15, 0.2) is 12.8 Å². The van der Waals surface area contributed by atoms with Gasteiger partial charge in [-0.15, -0.1) is 0 Å². The summed E-state index contributed by atoms with van der Waals surface area (Å²) in [5.41, 5.74) is 0. The maximum absolute atomic E-state index is 12.5. The van der Waals surface area contributed by atoms with Crippen LogP contribution in [0.4, 0.5) is 35.1 Å². The molecule has 0 bridgehead atoms. The van der Waals surface area contributed by atoms with Crippen LogP contribution in [0.3, 0.4) is 0 Å². The summed E-state index contributed by atoms with van der Waals surface area (Å²) in [6.07, 6.45) is -12.8. The van der Waals surface area contributed by atoms with Crippen molar-refractivity contribution in [2.45, 2.75) is 30.8 Å². The third-order valence-electron chi connectivity index (χ3n) is 1.51. The molecule has 0 heterocycles. The highest BCUT2D eigenvalue weighted by molar-refractivity contribution is 4.94. The zero-order chi connectivity index (χ0) is 13.1. The fourth-order valence-electron chi connectivity index (χ4n) is 0.663. The van der Waals surface area contributed by atoms with E-state index in [1.807, 2.05) is 0 Å². The first-order valence-electron chi connectivity index (χ1n) is 3.67. The van der Waals surface area contributed by atoms with E-state index in [0.29, 0.717) is 0 Å². The molecule has 0 saturated carbocycles. The average Bonchev–Trinajstić information content (AvgIpc) is 2.16. The van der Waals surface area contributed by atoms with E-state index in [1.165, 1.54) is 0 Å². The van der Waals surface area contributed by atoms with Gasteiger partial charge < -0.3 is 4.74 Å². The molecule has 0 aliphatic heterocycles. The van der Waals surface area contributed by atoms with Crippen molar-refractivity contribution in [3.63, 3.8) is 0 Å². The van der Waals surface area contributed by atoms with Gasteiger partial charge in [-0.05, 0) is 0 Å². The predicted octanol–water partition coefficient (Wildman–Crippen LogP) is 3.32. The summed E-state index contributed by atoms with van der Waals surface area (Å²) in [7, 11) is 0. The summed E-state index contributed by atoms with van der Waals surface area (Å²) < 4.78 is 101. The molecule has 0 N–H and O–H groups in total. The Hall–Kier alpha value is -1.02. The van der Waals surface area contributed by atoms with Gasteiger partial charge in [-0.3, -0.25) is 0 Å². The molecule has 0 aromatic carbocycles. The van der Waals surface area contributed by atoms with Gasteiger partial charge in [0.05, 0.1) is 6.26 Å². The molecule has 1 nitrogen and oxygen atoms in total. The zero-order valence-electron chi connectivity index (χ0n) is 7.45. The van der Waals surface area contributed by atoms with Crippen molar-refractivity contribution in [2.75, 3.05) is 0 Å². The van der Waals surface area contributed by atoms with Crippen molar-refractivity contribution in [1.82, 2.24) is 0 Å². The highest BCUT2D eigenvalue weighted by Gasteiger charge is 2.69. The molecule has 96 valence electrons. The smallest absolute Gasteiger partial charge is 0.378 e. The molecule has 0 spiro atoms. The van der Waals surface area contributed by atoms with Gasteiger partial charge in [0.15, 0.2) is 0 Å². The second kappa shape index (κ2) is 4.88. The second-order valence-corrected chi connectivity index (χ2v) is 2.60. The summed E-state index contributed by atoms with van der Waals surface area (Å²) in [5.74, 6) is -11.6. The van der Waals surface area contributed by atoms with Crippen LogP contribution in [-0.2, 0) is 4.74 Å². The lowest BCUT2D eigenvalue weighted by atomic mass is 10.1. The van der Waals surface area contributed by atoms with Gasteiger partial charge in [-0.2, -0.15) is 22.0 Å². The first-order valence-corrected chi connectivity index (χ1v) is 3.67. The molecule has 2 atom stereocenters. The maximum atomic E-state index is 12.5. The van der Waals surface area contributed by atoms with Crippen LogP contribution in [0.25, 0.3) is 0 Å². The first kappa shape index (κ1) is 15.0. The molecule has 0 aromatic rings. The normalized spacial score (nSPS) is 17.1. The Morgan fingerprint density at radius 1 is 0.938 bits per heavy atom. The standard InChI is InChI=1S/C7H6F8O/c1-2-16-5(11)7(14,15)6(12,13)3(8)4(9)10/h2-5H,1H2. The summed E-state index contributed by atoms with van der Waals surface area (Å²) in [4.78, 5) is 0. The van der Waals surface area contributed by atoms with E-state index < -0.39 is 30.8 Å². The molecule has 0 saturated heterocycles. The molecule has 0 rings (SSSR count).